The maximum atomic E-state index is 11.7. The van der Waals surface area contributed by atoms with E-state index in [-0.39, 0.29) is 37.9 Å². The Hall–Kier alpha value is -2.65. The van der Waals surface area contributed by atoms with E-state index in [2.05, 4.69) is 37.9 Å². The van der Waals surface area contributed by atoms with Crippen molar-refractivity contribution in [2.45, 2.75) is 0 Å². The minimum absolute atomic E-state index is 0.0172. The first-order valence-corrected chi connectivity index (χ1v) is 11.6. The quantitative estimate of drug-likeness (QED) is 0.118. The fourth-order valence-corrected chi connectivity index (χ4v) is 3.49. The van der Waals surface area contributed by atoms with E-state index in [1.807, 2.05) is 24.3 Å². The maximum Gasteiger partial charge on any atom is 0.311 e. The predicted octanol–water partition coefficient (Wildman–Crippen LogP) is 3.31. The number of hydrogen-bond acceptors (Lipinski definition) is 10. The monoisotopic (exact) mass is 584 g/mol. The fraction of sp³-hybridized carbons (Fsp3) is 0.364. The first-order valence-electron chi connectivity index (χ1n) is 10.5. The average Bonchev–Trinajstić information content (AvgIpc) is 2.82. The van der Waals surface area contributed by atoms with Gasteiger partial charge in [0.05, 0.1) is 62.1 Å². The minimum atomic E-state index is -0.495. The molecule has 3 aromatic rings. The zero-order chi connectivity index (χ0) is 24.2. The van der Waals surface area contributed by atoms with Gasteiger partial charge in [0.25, 0.3) is 0 Å². The molecule has 0 bridgehead atoms. The summed E-state index contributed by atoms with van der Waals surface area (Å²) in [5.41, 5.74) is 1.15. The largest absolute Gasteiger partial charge is 0.484 e. The highest BCUT2D eigenvalue weighted by atomic mass is 127. The van der Waals surface area contributed by atoms with Crippen LogP contribution in [0.3, 0.4) is 0 Å². The molecule has 12 heteroatoms. The van der Waals surface area contributed by atoms with Crippen molar-refractivity contribution in [3.05, 3.63) is 56.4 Å². The Bertz CT molecular complexity index is 1090. The third kappa shape index (κ3) is 7.99. The van der Waals surface area contributed by atoms with Gasteiger partial charge in [-0.05, 0) is 40.8 Å². The number of rotatable bonds is 15. The van der Waals surface area contributed by atoms with Crippen LogP contribution in [0.15, 0.2) is 42.7 Å². The first kappa shape index (κ1) is 26.0. The van der Waals surface area contributed by atoms with Crippen LogP contribution in [0.1, 0.15) is 0 Å². The topological polar surface area (TPSA) is 138 Å². The van der Waals surface area contributed by atoms with Crippen molar-refractivity contribution < 1.29 is 29.0 Å². The number of aromatic nitrogens is 2. The van der Waals surface area contributed by atoms with Crippen LogP contribution in [0.4, 0.5) is 17.2 Å². The number of nitro benzene ring substituents is 1. The van der Waals surface area contributed by atoms with Crippen LogP contribution in [0, 0.1) is 13.7 Å². The number of aliphatic hydroxyl groups excluding tert-OH is 1. The van der Waals surface area contributed by atoms with Gasteiger partial charge in [0, 0.05) is 21.4 Å². The van der Waals surface area contributed by atoms with Crippen molar-refractivity contribution in [2.75, 3.05) is 58.2 Å². The van der Waals surface area contributed by atoms with E-state index in [1.54, 1.807) is 0 Å². The van der Waals surface area contributed by atoms with Gasteiger partial charge in [-0.1, -0.05) is 6.07 Å². The Morgan fingerprint density at radius 2 is 1.68 bits per heavy atom. The van der Waals surface area contributed by atoms with E-state index in [0.717, 1.165) is 9.26 Å². The summed E-state index contributed by atoms with van der Waals surface area (Å²) in [6.45, 7) is 2.18. The molecule has 34 heavy (non-hydrogen) atoms. The van der Waals surface area contributed by atoms with Crippen molar-refractivity contribution >= 4 is 50.7 Å². The molecule has 3 rings (SSSR count). The number of nitrogens with zero attached hydrogens (tertiary/aromatic N) is 3. The lowest BCUT2D eigenvalue weighted by atomic mass is 10.2. The summed E-state index contributed by atoms with van der Waals surface area (Å²) in [7, 11) is 0. The molecular weight excluding hydrogens is 559 g/mol. The molecule has 0 aliphatic carbocycles. The molecule has 0 aliphatic heterocycles. The predicted molar refractivity (Wildman–Crippen MR) is 134 cm³/mol. The van der Waals surface area contributed by atoms with Gasteiger partial charge >= 0.3 is 5.69 Å². The lowest BCUT2D eigenvalue weighted by Crippen LogP contribution is -2.13. The van der Waals surface area contributed by atoms with Crippen LogP contribution in [-0.2, 0) is 14.2 Å². The third-order valence-corrected chi connectivity index (χ3v) is 5.14. The number of ether oxygens (including phenoxy) is 4. The maximum absolute atomic E-state index is 11.7. The lowest BCUT2D eigenvalue weighted by molar-refractivity contribution is -0.385. The lowest BCUT2D eigenvalue weighted by Gasteiger charge is -2.11. The van der Waals surface area contributed by atoms with E-state index in [1.165, 1.54) is 18.5 Å². The molecule has 182 valence electrons. The molecule has 1 aromatic heterocycles. The molecule has 0 saturated carbocycles. The van der Waals surface area contributed by atoms with Crippen LogP contribution in [0.2, 0.25) is 0 Å². The Morgan fingerprint density at radius 3 is 2.35 bits per heavy atom. The Kier molecular flexibility index (Phi) is 10.6. The van der Waals surface area contributed by atoms with E-state index in [0.29, 0.717) is 43.1 Å². The molecule has 0 radical (unpaired) electrons. The Labute approximate surface area is 209 Å². The van der Waals surface area contributed by atoms with Gasteiger partial charge in [-0.3, -0.25) is 10.1 Å². The minimum Gasteiger partial charge on any atom is -0.484 e. The van der Waals surface area contributed by atoms with Crippen molar-refractivity contribution in [1.29, 1.82) is 0 Å². The van der Waals surface area contributed by atoms with Gasteiger partial charge in [0.1, 0.15) is 18.8 Å². The Balaban J connectivity index is 1.57. The van der Waals surface area contributed by atoms with Gasteiger partial charge in [0.15, 0.2) is 5.75 Å². The van der Waals surface area contributed by atoms with E-state index < -0.39 is 4.92 Å². The van der Waals surface area contributed by atoms with Crippen molar-refractivity contribution in [3.8, 4) is 5.75 Å². The summed E-state index contributed by atoms with van der Waals surface area (Å²) < 4.78 is 22.5. The molecule has 2 aromatic carbocycles. The summed E-state index contributed by atoms with van der Waals surface area (Å²) in [5, 5.41) is 24.0. The van der Waals surface area contributed by atoms with E-state index >= 15 is 0 Å². The number of nitro groups is 1. The van der Waals surface area contributed by atoms with Crippen molar-refractivity contribution in [3.63, 3.8) is 0 Å². The smallest absolute Gasteiger partial charge is 0.311 e. The van der Waals surface area contributed by atoms with Crippen molar-refractivity contribution in [2.24, 2.45) is 0 Å². The average molecular weight is 584 g/mol. The molecule has 0 fully saturated rings. The molecule has 0 amide bonds. The van der Waals surface area contributed by atoms with Crippen LogP contribution < -0.4 is 10.1 Å². The van der Waals surface area contributed by atoms with Crippen LogP contribution in [-0.4, -0.2) is 72.9 Å². The number of aliphatic hydroxyl groups is 1. The third-order valence-electron chi connectivity index (χ3n) is 4.46. The van der Waals surface area contributed by atoms with Crippen molar-refractivity contribution in [1.82, 2.24) is 9.97 Å². The number of nitrogens with one attached hydrogen (secondary N) is 1. The first-order chi connectivity index (χ1) is 16.6. The van der Waals surface area contributed by atoms with Gasteiger partial charge in [-0.2, -0.15) is 0 Å². The van der Waals surface area contributed by atoms with Crippen LogP contribution >= 0.6 is 22.6 Å². The molecule has 0 aliphatic rings. The second-order valence-corrected chi connectivity index (χ2v) is 8.11. The molecule has 0 spiro atoms. The van der Waals surface area contributed by atoms with Gasteiger partial charge in [-0.25, -0.2) is 9.97 Å². The molecule has 0 unspecified atom stereocenters. The molecule has 0 atom stereocenters. The fourth-order valence-electron chi connectivity index (χ4n) is 2.95. The highest BCUT2D eigenvalue weighted by Gasteiger charge is 2.19. The number of anilines is 2. The normalized spacial score (nSPS) is 11.0. The standard InChI is InChI=1S/C22H25IN4O7/c23-16-2-1-3-17(12-16)26-22-18-13-20(27(29)30)21(14-19(18)24-15-25-22)34-11-10-33-9-8-32-7-6-31-5-4-28/h1-3,12-15,28H,4-11H2,(H,24,25,26). The van der Waals surface area contributed by atoms with Crippen LogP contribution in [0.25, 0.3) is 10.9 Å². The number of benzene rings is 2. The molecule has 11 nitrogen and oxygen atoms in total. The SMILES string of the molecule is O=[N+]([O-])c1cc2c(Nc3cccc(I)c3)ncnc2cc1OCCOCCOCCOCCO. The highest BCUT2D eigenvalue weighted by molar-refractivity contribution is 14.1. The number of halogens is 1. The Morgan fingerprint density at radius 1 is 0.971 bits per heavy atom. The second kappa shape index (κ2) is 13.9. The van der Waals surface area contributed by atoms with E-state index in [4.69, 9.17) is 24.1 Å². The summed E-state index contributed by atoms with van der Waals surface area (Å²) in [6.07, 6.45) is 1.39. The zero-order valence-electron chi connectivity index (χ0n) is 18.3. The number of hydrogen-bond donors (Lipinski definition) is 2. The van der Waals surface area contributed by atoms with Gasteiger partial charge in [0.2, 0.25) is 0 Å². The summed E-state index contributed by atoms with van der Waals surface area (Å²) in [4.78, 5) is 19.7. The highest BCUT2D eigenvalue weighted by Crippen LogP contribution is 2.34. The second-order valence-electron chi connectivity index (χ2n) is 6.86. The summed E-state index contributed by atoms with van der Waals surface area (Å²) in [5.74, 6) is 0.573. The van der Waals surface area contributed by atoms with Gasteiger partial charge in [-0.15, -0.1) is 0 Å². The van der Waals surface area contributed by atoms with Gasteiger partial charge < -0.3 is 29.4 Å². The van der Waals surface area contributed by atoms with E-state index in [9.17, 15) is 10.1 Å². The summed E-state index contributed by atoms with van der Waals surface area (Å²) in [6, 6.07) is 10.6. The molecule has 2 N–H and O–H groups in total. The zero-order valence-corrected chi connectivity index (χ0v) is 20.5. The van der Waals surface area contributed by atoms with Crippen LogP contribution in [0.5, 0.6) is 5.75 Å². The molecular formula is C22H25IN4O7. The number of fused-ring (bicyclic) bond motifs is 1. The molecule has 1 heterocycles. The molecule has 0 saturated heterocycles. The summed E-state index contributed by atoms with van der Waals surface area (Å²) >= 11 is 2.21.